The van der Waals surface area contributed by atoms with Crippen LogP contribution < -0.4 is 11.1 Å². The van der Waals surface area contributed by atoms with Crippen LogP contribution in [0.25, 0.3) is 10.4 Å². The molecule has 0 aliphatic rings. The second-order valence-corrected chi connectivity index (χ2v) is 7.23. The topological polar surface area (TPSA) is 125 Å². The number of benzene rings is 1. The maximum Gasteiger partial charge on any atom is 0.412 e. The number of anilines is 1. The van der Waals surface area contributed by atoms with Crippen molar-refractivity contribution in [2.75, 3.05) is 5.32 Å². The number of rotatable bonds is 4. The molecule has 1 heterocycles. The van der Waals surface area contributed by atoms with Gasteiger partial charge >= 0.3 is 6.09 Å². The Morgan fingerprint density at radius 2 is 1.92 bits per heavy atom. The lowest BCUT2D eigenvalue weighted by atomic mass is 10.1. The van der Waals surface area contributed by atoms with Gasteiger partial charge < -0.3 is 10.5 Å². The van der Waals surface area contributed by atoms with Crippen LogP contribution in [-0.2, 0) is 4.74 Å². The van der Waals surface area contributed by atoms with Crippen LogP contribution in [0.15, 0.2) is 30.3 Å². The summed E-state index contributed by atoms with van der Waals surface area (Å²) >= 11 is 1.13. The molecule has 132 valence electrons. The van der Waals surface area contributed by atoms with E-state index in [1.807, 2.05) is 0 Å². The van der Waals surface area contributed by atoms with Gasteiger partial charge in [-0.15, -0.1) is 11.3 Å². The summed E-state index contributed by atoms with van der Waals surface area (Å²) in [5.74, 6) is -0.561. The molecule has 2 rings (SSSR count). The number of amides is 2. The normalized spacial score (nSPS) is 11.0. The van der Waals surface area contributed by atoms with Gasteiger partial charge in [0.15, 0.2) is 0 Å². The molecule has 0 atom stereocenters. The number of hydrogen-bond acceptors (Lipinski definition) is 6. The van der Waals surface area contributed by atoms with Gasteiger partial charge in [-0.05, 0) is 44.5 Å². The van der Waals surface area contributed by atoms with Crippen molar-refractivity contribution in [1.82, 2.24) is 0 Å². The van der Waals surface area contributed by atoms with Crippen molar-refractivity contribution in [3.63, 3.8) is 0 Å². The number of nitrogens with two attached hydrogens (primary N) is 1. The van der Waals surface area contributed by atoms with E-state index in [2.05, 4.69) is 5.32 Å². The van der Waals surface area contributed by atoms with Gasteiger partial charge in [-0.1, -0.05) is 6.07 Å². The second kappa shape index (κ2) is 6.89. The van der Waals surface area contributed by atoms with E-state index in [9.17, 15) is 19.7 Å². The third-order valence-corrected chi connectivity index (χ3v) is 4.11. The minimum absolute atomic E-state index is 0.0229. The van der Waals surface area contributed by atoms with E-state index in [1.165, 1.54) is 12.1 Å². The van der Waals surface area contributed by atoms with Gasteiger partial charge in [0.05, 0.1) is 9.80 Å². The van der Waals surface area contributed by atoms with E-state index in [0.29, 0.717) is 15.3 Å². The summed E-state index contributed by atoms with van der Waals surface area (Å²) in [6.07, 6.45) is -0.782. The average molecular weight is 363 g/mol. The van der Waals surface area contributed by atoms with Gasteiger partial charge in [0.1, 0.15) is 11.3 Å². The van der Waals surface area contributed by atoms with Crippen molar-refractivity contribution in [1.29, 1.82) is 0 Å². The van der Waals surface area contributed by atoms with E-state index in [1.54, 1.807) is 39.0 Å². The van der Waals surface area contributed by atoms with Crippen LogP contribution in [0.1, 0.15) is 30.4 Å². The Balaban J connectivity index is 2.32. The Hall–Kier alpha value is -2.94. The molecular formula is C16H17N3O5S. The fourth-order valence-corrected chi connectivity index (χ4v) is 2.84. The number of hydrogen-bond donors (Lipinski definition) is 2. The smallest absolute Gasteiger partial charge is 0.412 e. The van der Waals surface area contributed by atoms with Crippen molar-refractivity contribution < 1.29 is 19.2 Å². The lowest BCUT2D eigenvalue weighted by Crippen LogP contribution is -2.27. The van der Waals surface area contributed by atoms with Crippen LogP contribution in [0.3, 0.4) is 0 Å². The van der Waals surface area contributed by atoms with Gasteiger partial charge in [0, 0.05) is 10.9 Å². The van der Waals surface area contributed by atoms with E-state index < -0.39 is 22.5 Å². The Labute approximate surface area is 147 Å². The average Bonchev–Trinajstić information content (AvgIpc) is 2.95. The largest absolute Gasteiger partial charge is 0.444 e. The Morgan fingerprint density at radius 3 is 2.44 bits per heavy atom. The molecule has 0 aliphatic carbocycles. The van der Waals surface area contributed by atoms with Crippen molar-refractivity contribution in [3.05, 3.63) is 45.3 Å². The SMILES string of the molecule is CC(C)(C)OC(=O)Nc1ccc(-c2ccc(C(N)=O)s2)cc1[N+](=O)[O-]. The molecule has 2 aromatic rings. The first-order valence-corrected chi connectivity index (χ1v) is 8.07. The van der Waals surface area contributed by atoms with Crippen LogP contribution in [0.4, 0.5) is 16.2 Å². The monoisotopic (exact) mass is 363 g/mol. The minimum atomic E-state index is -0.782. The number of carbonyl (C=O) groups is 2. The third-order valence-electron chi connectivity index (χ3n) is 2.96. The number of nitrogens with one attached hydrogen (secondary N) is 1. The van der Waals surface area contributed by atoms with Crippen molar-refractivity contribution in [2.45, 2.75) is 26.4 Å². The molecule has 0 saturated carbocycles. The number of ether oxygens (including phenoxy) is 1. The second-order valence-electron chi connectivity index (χ2n) is 6.14. The zero-order valence-electron chi connectivity index (χ0n) is 13.9. The van der Waals surface area contributed by atoms with Gasteiger partial charge in [0.25, 0.3) is 11.6 Å². The Bertz CT molecular complexity index is 839. The number of nitro benzene ring substituents is 1. The highest BCUT2D eigenvalue weighted by molar-refractivity contribution is 7.17. The summed E-state index contributed by atoms with van der Waals surface area (Å²) in [6, 6.07) is 7.56. The highest BCUT2D eigenvalue weighted by Crippen LogP contribution is 2.34. The molecule has 0 aliphatic heterocycles. The molecule has 0 fully saturated rings. The number of nitrogens with zero attached hydrogens (tertiary/aromatic N) is 1. The lowest BCUT2D eigenvalue weighted by molar-refractivity contribution is -0.383. The summed E-state index contributed by atoms with van der Waals surface area (Å²) in [7, 11) is 0. The van der Waals surface area contributed by atoms with Crippen LogP contribution in [0.5, 0.6) is 0 Å². The van der Waals surface area contributed by atoms with E-state index in [0.717, 1.165) is 11.3 Å². The molecule has 8 nitrogen and oxygen atoms in total. The first-order valence-electron chi connectivity index (χ1n) is 7.25. The molecule has 3 N–H and O–H groups in total. The van der Waals surface area contributed by atoms with Crippen molar-refractivity contribution in [2.24, 2.45) is 5.73 Å². The van der Waals surface area contributed by atoms with Crippen LogP contribution in [-0.4, -0.2) is 22.5 Å². The summed E-state index contributed by atoms with van der Waals surface area (Å²) in [6.45, 7) is 5.08. The molecule has 0 bridgehead atoms. The maximum atomic E-state index is 11.8. The van der Waals surface area contributed by atoms with Crippen LogP contribution >= 0.6 is 11.3 Å². The standard InChI is InChI=1S/C16H17N3O5S/c1-16(2,3)24-15(21)18-10-5-4-9(8-11(10)19(22)23)12-6-7-13(25-12)14(17)20/h4-8H,1-3H3,(H2,17,20)(H,18,21). The molecular weight excluding hydrogens is 346 g/mol. The summed E-state index contributed by atoms with van der Waals surface area (Å²) in [5.41, 5.74) is 4.78. The highest BCUT2D eigenvalue weighted by atomic mass is 32.1. The van der Waals surface area contributed by atoms with Crippen molar-refractivity contribution >= 4 is 34.7 Å². The predicted molar refractivity (Wildman–Crippen MR) is 94.8 cm³/mol. The quantitative estimate of drug-likeness (QED) is 0.632. The minimum Gasteiger partial charge on any atom is -0.444 e. The summed E-state index contributed by atoms with van der Waals surface area (Å²) in [5, 5.41) is 13.7. The first-order chi connectivity index (χ1) is 11.6. The molecule has 0 radical (unpaired) electrons. The fraction of sp³-hybridized carbons (Fsp3) is 0.250. The van der Waals surface area contributed by atoms with Gasteiger partial charge in [-0.3, -0.25) is 20.2 Å². The molecule has 9 heteroatoms. The molecule has 0 spiro atoms. The van der Waals surface area contributed by atoms with Gasteiger partial charge in [-0.2, -0.15) is 0 Å². The van der Waals surface area contributed by atoms with E-state index in [4.69, 9.17) is 10.5 Å². The number of carbonyl (C=O) groups excluding carboxylic acids is 2. The van der Waals surface area contributed by atoms with Gasteiger partial charge in [-0.25, -0.2) is 4.79 Å². The molecule has 1 aromatic carbocycles. The maximum absolute atomic E-state index is 11.8. The number of primary amides is 1. The third kappa shape index (κ3) is 4.77. The zero-order chi connectivity index (χ0) is 18.8. The number of thiophene rings is 1. The Kier molecular flexibility index (Phi) is 5.07. The Morgan fingerprint density at radius 1 is 1.24 bits per heavy atom. The summed E-state index contributed by atoms with van der Waals surface area (Å²) in [4.78, 5) is 34.7. The molecule has 2 amide bonds. The van der Waals surface area contributed by atoms with E-state index in [-0.39, 0.29) is 11.4 Å². The van der Waals surface area contributed by atoms with Crippen LogP contribution in [0.2, 0.25) is 0 Å². The van der Waals surface area contributed by atoms with Gasteiger partial charge in [0.2, 0.25) is 0 Å². The molecule has 1 aromatic heterocycles. The lowest BCUT2D eigenvalue weighted by Gasteiger charge is -2.19. The fourth-order valence-electron chi connectivity index (χ4n) is 1.98. The number of nitro groups is 1. The first kappa shape index (κ1) is 18.4. The highest BCUT2D eigenvalue weighted by Gasteiger charge is 2.21. The predicted octanol–water partition coefficient (Wildman–Crippen LogP) is 3.77. The van der Waals surface area contributed by atoms with Crippen LogP contribution in [0, 0.1) is 10.1 Å². The van der Waals surface area contributed by atoms with E-state index >= 15 is 0 Å². The summed E-state index contributed by atoms with van der Waals surface area (Å²) < 4.78 is 5.10. The molecule has 25 heavy (non-hydrogen) atoms. The molecule has 0 saturated heterocycles. The zero-order valence-corrected chi connectivity index (χ0v) is 14.7. The molecule has 0 unspecified atom stereocenters. The van der Waals surface area contributed by atoms with Crippen molar-refractivity contribution in [3.8, 4) is 10.4 Å².